The second-order valence-electron chi connectivity index (χ2n) is 10.7. The minimum Gasteiger partial charge on any atom is -0.508 e. The lowest BCUT2D eigenvalue weighted by Crippen LogP contribution is -2.57. The van der Waals surface area contributed by atoms with E-state index in [0.717, 1.165) is 5.56 Å². The summed E-state index contributed by atoms with van der Waals surface area (Å²) in [5, 5.41) is 18.0. The molecule has 2 aliphatic rings. The Bertz CT molecular complexity index is 1210. The molecule has 2 saturated heterocycles. The summed E-state index contributed by atoms with van der Waals surface area (Å²) in [6.07, 6.45) is 0.366. The molecule has 220 valence electrons. The minimum absolute atomic E-state index is 0.0709. The lowest BCUT2D eigenvalue weighted by Gasteiger charge is -2.27. The lowest BCUT2D eigenvalue weighted by atomic mass is 9.94. The standard InChI is InChI=1S/C30H38N4O7/c1-20(31-26(36)18-34-12-14-40-15-13-34)28(38)33-25(17-22-8-10-23(35)11-9-22)29(39)32-24(27(37)30(2)19-41-30)16-21-6-4-3-5-7-21/h3-11,20,24-25,35H,12-19H2,1-2H3,(H,31,36)(H,32,39)(H,33,38)/t20-,24-,25-,30+/m0/s1. The van der Waals surface area contributed by atoms with Gasteiger partial charge in [0.1, 0.15) is 23.4 Å². The zero-order valence-electron chi connectivity index (χ0n) is 23.4. The van der Waals surface area contributed by atoms with Crippen molar-refractivity contribution in [1.82, 2.24) is 20.9 Å². The first kappa shape index (κ1) is 30.2. The summed E-state index contributed by atoms with van der Waals surface area (Å²) >= 11 is 0. The highest BCUT2D eigenvalue weighted by molar-refractivity contribution is 5.98. The third-order valence-electron chi connectivity index (χ3n) is 7.27. The molecule has 2 heterocycles. The van der Waals surface area contributed by atoms with Crippen molar-refractivity contribution in [2.45, 2.75) is 50.4 Å². The van der Waals surface area contributed by atoms with Crippen molar-refractivity contribution in [1.29, 1.82) is 0 Å². The molecule has 0 spiro atoms. The minimum atomic E-state index is -1.05. The molecule has 4 rings (SSSR count). The van der Waals surface area contributed by atoms with Crippen LogP contribution in [0.4, 0.5) is 0 Å². The molecule has 0 radical (unpaired) electrons. The molecular formula is C30H38N4O7. The number of epoxide rings is 1. The fourth-order valence-corrected chi connectivity index (χ4v) is 4.64. The summed E-state index contributed by atoms with van der Waals surface area (Å²) in [5.74, 6) is -1.56. The molecule has 4 N–H and O–H groups in total. The Morgan fingerprint density at radius 3 is 2.10 bits per heavy atom. The number of amides is 3. The van der Waals surface area contributed by atoms with Crippen molar-refractivity contribution >= 4 is 23.5 Å². The fourth-order valence-electron chi connectivity index (χ4n) is 4.64. The number of morpholine rings is 1. The van der Waals surface area contributed by atoms with Crippen molar-refractivity contribution in [3.63, 3.8) is 0 Å². The molecule has 2 fully saturated rings. The molecule has 2 aromatic rings. The SMILES string of the molecule is C[C@H](NC(=O)CN1CCOCC1)C(=O)N[C@@H](Cc1ccc(O)cc1)C(=O)N[C@@H](Cc1ccccc1)C(=O)[C@@]1(C)CO1. The Labute approximate surface area is 239 Å². The molecule has 0 unspecified atom stereocenters. The van der Waals surface area contributed by atoms with E-state index >= 15 is 0 Å². The van der Waals surface area contributed by atoms with Crippen molar-refractivity contribution in [3.8, 4) is 5.75 Å². The summed E-state index contributed by atoms with van der Waals surface area (Å²) in [4.78, 5) is 54.5. The number of nitrogens with one attached hydrogen (secondary N) is 3. The fraction of sp³-hybridized carbons (Fsp3) is 0.467. The number of Topliss-reactive ketones (excluding diaryl/α,β-unsaturated/α-hetero) is 1. The maximum atomic E-state index is 13.6. The molecule has 0 saturated carbocycles. The number of nitrogens with zero attached hydrogens (tertiary/aromatic N) is 1. The molecule has 0 aliphatic carbocycles. The monoisotopic (exact) mass is 566 g/mol. The quantitative estimate of drug-likeness (QED) is 0.254. The van der Waals surface area contributed by atoms with Crippen molar-refractivity contribution in [3.05, 3.63) is 65.7 Å². The normalized spacial score (nSPS) is 20.7. The van der Waals surface area contributed by atoms with Crippen LogP contribution in [-0.4, -0.2) is 96.7 Å². The Balaban J connectivity index is 1.45. The third kappa shape index (κ3) is 8.84. The van der Waals surface area contributed by atoms with Gasteiger partial charge in [-0.25, -0.2) is 0 Å². The van der Waals surface area contributed by atoms with Gasteiger partial charge in [0.2, 0.25) is 17.7 Å². The number of hydrogen-bond donors (Lipinski definition) is 4. The van der Waals surface area contributed by atoms with Gasteiger partial charge in [-0.2, -0.15) is 0 Å². The molecule has 11 nitrogen and oxygen atoms in total. The number of phenols is 1. The third-order valence-corrected chi connectivity index (χ3v) is 7.27. The van der Waals surface area contributed by atoms with E-state index in [4.69, 9.17) is 9.47 Å². The lowest BCUT2D eigenvalue weighted by molar-refractivity contribution is -0.134. The van der Waals surface area contributed by atoms with Crippen LogP contribution in [0.5, 0.6) is 5.75 Å². The predicted molar refractivity (Wildman–Crippen MR) is 150 cm³/mol. The van der Waals surface area contributed by atoms with Gasteiger partial charge < -0.3 is 30.5 Å². The summed E-state index contributed by atoms with van der Waals surface area (Å²) < 4.78 is 10.7. The first-order valence-corrected chi connectivity index (χ1v) is 13.8. The first-order valence-electron chi connectivity index (χ1n) is 13.8. The number of carbonyl (C=O) groups is 4. The van der Waals surface area contributed by atoms with Gasteiger partial charge >= 0.3 is 0 Å². The number of phenolic OH excluding ortho intramolecular Hbond substituents is 1. The molecular weight excluding hydrogens is 528 g/mol. The Hall–Kier alpha value is -3.80. The highest BCUT2D eigenvalue weighted by Crippen LogP contribution is 2.29. The zero-order valence-corrected chi connectivity index (χ0v) is 23.4. The number of ether oxygens (including phenoxy) is 2. The van der Waals surface area contributed by atoms with Gasteiger partial charge in [-0.1, -0.05) is 42.5 Å². The van der Waals surface area contributed by atoms with Crippen molar-refractivity contribution in [2.24, 2.45) is 0 Å². The van der Waals surface area contributed by atoms with Crippen LogP contribution in [0.3, 0.4) is 0 Å². The number of aromatic hydroxyl groups is 1. The smallest absolute Gasteiger partial charge is 0.243 e. The van der Waals surface area contributed by atoms with Gasteiger partial charge in [0.05, 0.1) is 32.4 Å². The van der Waals surface area contributed by atoms with Crippen LogP contribution in [0.15, 0.2) is 54.6 Å². The molecule has 4 atom stereocenters. The zero-order chi connectivity index (χ0) is 29.4. The van der Waals surface area contributed by atoms with E-state index in [1.807, 2.05) is 35.2 Å². The van der Waals surface area contributed by atoms with E-state index in [2.05, 4.69) is 16.0 Å². The van der Waals surface area contributed by atoms with Crippen LogP contribution in [-0.2, 0) is 41.5 Å². The molecule has 3 amide bonds. The van der Waals surface area contributed by atoms with Gasteiger partial charge in [0, 0.05) is 19.5 Å². The highest BCUT2D eigenvalue weighted by Gasteiger charge is 2.50. The van der Waals surface area contributed by atoms with Crippen LogP contribution < -0.4 is 16.0 Å². The maximum absolute atomic E-state index is 13.6. The number of carbonyl (C=O) groups excluding carboxylic acids is 4. The summed E-state index contributed by atoms with van der Waals surface area (Å²) in [6.45, 7) is 6.04. The summed E-state index contributed by atoms with van der Waals surface area (Å²) in [6, 6.07) is 12.8. The number of hydrogen-bond acceptors (Lipinski definition) is 8. The summed E-state index contributed by atoms with van der Waals surface area (Å²) in [7, 11) is 0. The molecule has 0 bridgehead atoms. The van der Waals surface area contributed by atoms with E-state index in [-0.39, 0.29) is 43.4 Å². The molecule has 11 heteroatoms. The molecule has 2 aliphatic heterocycles. The van der Waals surface area contributed by atoms with E-state index in [1.54, 1.807) is 26.0 Å². The van der Waals surface area contributed by atoms with Gasteiger partial charge in [0.15, 0.2) is 5.78 Å². The van der Waals surface area contributed by atoms with Crippen LogP contribution >= 0.6 is 0 Å². The average Bonchev–Trinajstić information content (AvgIpc) is 3.72. The number of ketones is 1. The maximum Gasteiger partial charge on any atom is 0.243 e. The van der Waals surface area contributed by atoms with Gasteiger partial charge in [-0.3, -0.25) is 24.1 Å². The van der Waals surface area contributed by atoms with Crippen LogP contribution in [0.25, 0.3) is 0 Å². The summed E-state index contributed by atoms with van der Waals surface area (Å²) in [5.41, 5.74) is 0.601. The van der Waals surface area contributed by atoms with Gasteiger partial charge in [-0.15, -0.1) is 0 Å². The predicted octanol–water partition coefficient (Wildman–Crippen LogP) is 0.342. The average molecular weight is 567 g/mol. The molecule has 2 aromatic carbocycles. The Morgan fingerprint density at radius 2 is 1.46 bits per heavy atom. The number of benzene rings is 2. The van der Waals surface area contributed by atoms with Crippen LogP contribution in [0.2, 0.25) is 0 Å². The van der Waals surface area contributed by atoms with Crippen LogP contribution in [0.1, 0.15) is 25.0 Å². The van der Waals surface area contributed by atoms with Gasteiger partial charge in [0.25, 0.3) is 0 Å². The second-order valence-corrected chi connectivity index (χ2v) is 10.7. The topological polar surface area (TPSA) is 150 Å². The van der Waals surface area contributed by atoms with E-state index in [0.29, 0.717) is 31.9 Å². The van der Waals surface area contributed by atoms with Crippen molar-refractivity contribution in [2.75, 3.05) is 39.5 Å². The molecule has 0 aromatic heterocycles. The number of rotatable bonds is 13. The highest BCUT2D eigenvalue weighted by atomic mass is 16.6. The van der Waals surface area contributed by atoms with E-state index in [9.17, 15) is 24.3 Å². The Morgan fingerprint density at radius 1 is 0.878 bits per heavy atom. The van der Waals surface area contributed by atoms with E-state index in [1.165, 1.54) is 12.1 Å². The second kappa shape index (κ2) is 13.7. The van der Waals surface area contributed by atoms with Gasteiger partial charge in [-0.05, 0) is 43.5 Å². The van der Waals surface area contributed by atoms with Crippen LogP contribution in [0, 0.1) is 0 Å². The van der Waals surface area contributed by atoms with Crippen molar-refractivity contribution < 1.29 is 33.8 Å². The first-order chi connectivity index (χ1) is 19.6. The molecule has 41 heavy (non-hydrogen) atoms. The largest absolute Gasteiger partial charge is 0.508 e. The Kier molecular flexibility index (Phi) is 10.1. The van der Waals surface area contributed by atoms with E-state index < -0.39 is 35.5 Å².